The van der Waals surface area contributed by atoms with Crippen LogP contribution in [0.15, 0.2) is 35.1 Å². The van der Waals surface area contributed by atoms with Crippen LogP contribution in [0.2, 0.25) is 0 Å². The van der Waals surface area contributed by atoms with Gasteiger partial charge in [0.25, 0.3) is 5.56 Å². The summed E-state index contributed by atoms with van der Waals surface area (Å²) in [7, 11) is 1.73. The molecule has 0 unspecified atom stereocenters. The number of ketones is 1. The molecular formula is C16H14N2O2. The summed E-state index contributed by atoms with van der Waals surface area (Å²) in [6.45, 7) is 3.28. The summed E-state index contributed by atoms with van der Waals surface area (Å²) in [4.78, 5) is 28.6. The van der Waals surface area contributed by atoms with Gasteiger partial charge >= 0.3 is 0 Å². The number of fused-ring (bicyclic) bond motifs is 3. The number of para-hydroxylation sites is 1. The number of carbonyl (C=O) groups is 1. The molecule has 0 aliphatic carbocycles. The van der Waals surface area contributed by atoms with Gasteiger partial charge in [0.2, 0.25) is 0 Å². The third-order valence-electron chi connectivity index (χ3n) is 3.65. The molecule has 0 aliphatic heterocycles. The maximum atomic E-state index is 12.4. The molecule has 0 bridgehead atoms. The Balaban J connectivity index is 2.62. The number of Topliss-reactive ketones (excluding diaryl/α,β-unsaturated/α-hetero) is 1. The van der Waals surface area contributed by atoms with E-state index in [-0.39, 0.29) is 11.3 Å². The standard InChI is InChI=1S/C16H14N2O2/c1-9-12(10(2)19)8-13-15(17-9)11-6-4-5-7-14(11)18(3)16(13)20/h4-8H,1-3H3. The molecular weight excluding hydrogens is 252 g/mol. The van der Waals surface area contributed by atoms with Crippen molar-refractivity contribution in [3.05, 3.63) is 51.9 Å². The minimum Gasteiger partial charge on any atom is -0.311 e. The number of aryl methyl sites for hydroxylation is 2. The zero-order valence-corrected chi connectivity index (χ0v) is 11.6. The number of aromatic nitrogens is 2. The van der Waals surface area contributed by atoms with Crippen LogP contribution in [0.4, 0.5) is 0 Å². The molecule has 0 fully saturated rings. The van der Waals surface area contributed by atoms with Gasteiger partial charge in [0.15, 0.2) is 5.78 Å². The van der Waals surface area contributed by atoms with Gasteiger partial charge in [0, 0.05) is 23.7 Å². The van der Waals surface area contributed by atoms with Crippen molar-refractivity contribution in [2.75, 3.05) is 0 Å². The van der Waals surface area contributed by atoms with Crippen LogP contribution in [0.3, 0.4) is 0 Å². The Morgan fingerprint density at radius 3 is 2.60 bits per heavy atom. The first-order valence-electron chi connectivity index (χ1n) is 6.40. The number of carbonyl (C=O) groups excluding carboxylic acids is 1. The third-order valence-corrected chi connectivity index (χ3v) is 3.65. The predicted molar refractivity (Wildman–Crippen MR) is 79.2 cm³/mol. The van der Waals surface area contributed by atoms with E-state index in [0.717, 1.165) is 10.9 Å². The fourth-order valence-electron chi connectivity index (χ4n) is 2.59. The molecule has 20 heavy (non-hydrogen) atoms. The van der Waals surface area contributed by atoms with E-state index < -0.39 is 0 Å². The smallest absolute Gasteiger partial charge is 0.260 e. The molecule has 1 aromatic carbocycles. The normalized spacial score (nSPS) is 11.2. The minimum absolute atomic E-state index is 0.0767. The highest BCUT2D eigenvalue weighted by Crippen LogP contribution is 2.22. The SMILES string of the molecule is CC(=O)c1cc2c(=O)n(C)c3ccccc3c2nc1C. The molecule has 0 N–H and O–H groups in total. The fourth-order valence-corrected chi connectivity index (χ4v) is 2.59. The number of hydrogen-bond donors (Lipinski definition) is 0. The average molecular weight is 266 g/mol. The van der Waals surface area contributed by atoms with E-state index in [0.29, 0.717) is 22.2 Å². The summed E-state index contributed by atoms with van der Waals surface area (Å²) in [6.07, 6.45) is 0. The number of rotatable bonds is 1. The maximum Gasteiger partial charge on any atom is 0.260 e. The van der Waals surface area contributed by atoms with Crippen molar-refractivity contribution in [3.63, 3.8) is 0 Å². The highest BCUT2D eigenvalue weighted by Gasteiger charge is 2.13. The molecule has 3 aromatic rings. The van der Waals surface area contributed by atoms with Gasteiger partial charge in [0.1, 0.15) is 0 Å². The lowest BCUT2D eigenvalue weighted by atomic mass is 10.1. The number of nitrogens with zero attached hydrogens (tertiary/aromatic N) is 2. The molecule has 2 aromatic heterocycles. The fraction of sp³-hybridized carbons (Fsp3) is 0.188. The quantitative estimate of drug-likeness (QED) is 0.502. The number of benzene rings is 1. The summed E-state index contributed by atoms with van der Waals surface area (Å²) in [5.74, 6) is -0.0767. The van der Waals surface area contributed by atoms with Gasteiger partial charge in [0.05, 0.1) is 16.4 Å². The van der Waals surface area contributed by atoms with Crippen LogP contribution in [0, 0.1) is 6.92 Å². The van der Waals surface area contributed by atoms with Crippen molar-refractivity contribution in [1.29, 1.82) is 0 Å². The summed E-state index contributed by atoms with van der Waals surface area (Å²) in [5.41, 5.74) is 2.53. The van der Waals surface area contributed by atoms with Crippen molar-refractivity contribution < 1.29 is 4.79 Å². The first-order valence-corrected chi connectivity index (χ1v) is 6.40. The topological polar surface area (TPSA) is 52.0 Å². The average Bonchev–Trinajstić information content (AvgIpc) is 2.44. The van der Waals surface area contributed by atoms with E-state index in [1.54, 1.807) is 24.6 Å². The second-order valence-corrected chi connectivity index (χ2v) is 4.96. The van der Waals surface area contributed by atoms with Gasteiger partial charge in [-0.05, 0) is 26.0 Å². The Kier molecular flexibility index (Phi) is 2.67. The number of pyridine rings is 2. The van der Waals surface area contributed by atoms with Gasteiger partial charge in [-0.1, -0.05) is 18.2 Å². The highest BCUT2D eigenvalue weighted by molar-refractivity contribution is 6.06. The zero-order chi connectivity index (χ0) is 14.4. The second kappa shape index (κ2) is 4.27. The minimum atomic E-state index is -0.131. The van der Waals surface area contributed by atoms with E-state index in [4.69, 9.17) is 0 Å². The molecule has 0 radical (unpaired) electrons. The Morgan fingerprint density at radius 1 is 1.20 bits per heavy atom. The molecule has 100 valence electrons. The molecule has 0 spiro atoms. The van der Waals surface area contributed by atoms with E-state index in [1.807, 2.05) is 24.3 Å². The summed E-state index contributed by atoms with van der Waals surface area (Å²) >= 11 is 0. The molecule has 4 heteroatoms. The first kappa shape index (κ1) is 12.5. The van der Waals surface area contributed by atoms with E-state index in [1.165, 1.54) is 6.92 Å². The van der Waals surface area contributed by atoms with Crippen molar-refractivity contribution in [2.45, 2.75) is 13.8 Å². The van der Waals surface area contributed by atoms with Crippen molar-refractivity contribution in [2.24, 2.45) is 7.05 Å². The molecule has 0 saturated carbocycles. The van der Waals surface area contributed by atoms with Crippen molar-refractivity contribution in [3.8, 4) is 0 Å². The van der Waals surface area contributed by atoms with Crippen LogP contribution in [0.25, 0.3) is 21.8 Å². The lowest BCUT2D eigenvalue weighted by molar-refractivity contribution is 0.101. The molecule has 0 saturated heterocycles. The lowest BCUT2D eigenvalue weighted by Gasteiger charge is -2.10. The van der Waals surface area contributed by atoms with Gasteiger partial charge in [-0.25, -0.2) is 0 Å². The van der Waals surface area contributed by atoms with Gasteiger partial charge in [-0.3, -0.25) is 14.6 Å². The molecule has 3 rings (SSSR count). The summed E-state index contributed by atoms with van der Waals surface area (Å²) < 4.78 is 1.60. The third kappa shape index (κ3) is 1.65. The zero-order valence-electron chi connectivity index (χ0n) is 11.6. The van der Waals surface area contributed by atoms with Crippen LogP contribution in [-0.2, 0) is 7.05 Å². The Labute approximate surface area is 115 Å². The highest BCUT2D eigenvalue weighted by atomic mass is 16.1. The Hall–Kier alpha value is -2.49. The molecule has 2 heterocycles. The van der Waals surface area contributed by atoms with E-state index in [2.05, 4.69) is 4.98 Å². The van der Waals surface area contributed by atoms with Crippen LogP contribution < -0.4 is 5.56 Å². The van der Waals surface area contributed by atoms with E-state index in [9.17, 15) is 9.59 Å². The molecule has 0 amide bonds. The predicted octanol–water partition coefficient (Wildman–Crippen LogP) is 2.60. The molecule has 4 nitrogen and oxygen atoms in total. The van der Waals surface area contributed by atoms with E-state index >= 15 is 0 Å². The van der Waals surface area contributed by atoms with Gasteiger partial charge < -0.3 is 4.57 Å². The first-order chi connectivity index (χ1) is 9.50. The van der Waals surface area contributed by atoms with Crippen LogP contribution in [-0.4, -0.2) is 15.3 Å². The number of hydrogen-bond acceptors (Lipinski definition) is 3. The summed E-state index contributed by atoms with van der Waals surface area (Å²) in [5, 5.41) is 1.41. The monoisotopic (exact) mass is 266 g/mol. The molecule has 0 atom stereocenters. The Morgan fingerprint density at radius 2 is 1.90 bits per heavy atom. The van der Waals surface area contributed by atoms with Gasteiger partial charge in [-0.2, -0.15) is 0 Å². The van der Waals surface area contributed by atoms with Crippen LogP contribution >= 0.6 is 0 Å². The van der Waals surface area contributed by atoms with Crippen molar-refractivity contribution >= 4 is 27.6 Å². The van der Waals surface area contributed by atoms with Crippen LogP contribution in [0.1, 0.15) is 23.0 Å². The second-order valence-electron chi connectivity index (χ2n) is 4.96. The van der Waals surface area contributed by atoms with Gasteiger partial charge in [-0.15, -0.1) is 0 Å². The van der Waals surface area contributed by atoms with Crippen molar-refractivity contribution in [1.82, 2.24) is 9.55 Å². The summed E-state index contributed by atoms with van der Waals surface area (Å²) in [6, 6.07) is 9.31. The lowest BCUT2D eigenvalue weighted by Crippen LogP contribution is -2.18. The maximum absolute atomic E-state index is 12.4. The molecule has 0 aliphatic rings. The Bertz CT molecular complexity index is 923. The van der Waals surface area contributed by atoms with Crippen LogP contribution in [0.5, 0.6) is 0 Å². The largest absolute Gasteiger partial charge is 0.311 e.